The summed E-state index contributed by atoms with van der Waals surface area (Å²) in [5, 5.41) is 6.57. The van der Waals surface area contributed by atoms with E-state index in [4.69, 9.17) is 5.73 Å². The first-order valence-electron chi connectivity index (χ1n) is 4.19. The number of aryl methyl sites for hydroxylation is 2. The van der Waals surface area contributed by atoms with Crippen LogP contribution in [0.3, 0.4) is 0 Å². The van der Waals surface area contributed by atoms with Gasteiger partial charge in [-0.1, -0.05) is 0 Å². The van der Waals surface area contributed by atoms with Crippen molar-refractivity contribution in [2.75, 3.05) is 6.54 Å². The number of nitrogens with zero attached hydrogens (tertiary/aromatic N) is 2. The summed E-state index contributed by atoms with van der Waals surface area (Å²) in [7, 11) is 1.88. The van der Waals surface area contributed by atoms with Gasteiger partial charge in [0.25, 0.3) is 0 Å². The maximum Gasteiger partial charge on any atom is 0.312 e. The van der Waals surface area contributed by atoms with Gasteiger partial charge >= 0.3 is 6.03 Å². The molecule has 0 radical (unpaired) electrons. The van der Waals surface area contributed by atoms with Crippen LogP contribution in [0.1, 0.15) is 12.0 Å². The molecule has 5 nitrogen and oxygen atoms in total. The highest BCUT2D eigenvalue weighted by Gasteiger charge is 1.96. The van der Waals surface area contributed by atoms with Crippen molar-refractivity contribution in [3.8, 4) is 0 Å². The Bertz CT molecular complexity index is 281. The van der Waals surface area contributed by atoms with Gasteiger partial charge in [0.2, 0.25) is 0 Å². The van der Waals surface area contributed by atoms with Crippen LogP contribution in [-0.4, -0.2) is 22.4 Å². The largest absolute Gasteiger partial charge is 0.352 e. The second-order valence-corrected chi connectivity index (χ2v) is 2.92. The van der Waals surface area contributed by atoms with Crippen LogP contribution < -0.4 is 11.1 Å². The number of hydrogen-bond acceptors (Lipinski definition) is 2. The summed E-state index contributed by atoms with van der Waals surface area (Å²) in [6.07, 6.45) is 5.58. The van der Waals surface area contributed by atoms with Crippen molar-refractivity contribution in [2.45, 2.75) is 12.8 Å². The van der Waals surface area contributed by atoms with Gasteiger partial charge in [-0.05, 0) is 18.4 Å². The zero-order valence-corrected chi connectivity index (χ0v) is 7.66. The third-order valence-corrected chi connectivity index (χ3v) is 1.70. The van der Waals surface area contributed by atoms with Crippen LogP contribution in [-0.2, 0) is 13.5 Å². The molecular weight excluding hydrogens is 168 g/mol. The smallest absolute Gasteiger partial charge is 0.312 e. The molecule has 1 aromatic heterocycles. The van der Waals surface area contributed by atoms with Crippen LogP contribution in [0.25, 0.3) is 0 Å². The van der Waals surface area contributed by atoms with Crippen molar-refractivity contribution in [2.24, 2.45) is 12.8 Å². The Hall–Kier alpha value is -1.52. The normalized spacial score (nSPS) is 9.92. The maximum atomic E-state index is 10.3. The Morgan fingerprint density at radius 1 is 1.77 bits per heavy atom. The van der Waals surface area contributed by atoms with Crippen LogP contribution in [0.2, 0.25) is 0 Å². The van der Waals surface area contributed by atoms with E-state index in [1.165, 1.54) is 5.56 Å². The molecule has 1 heterocycles. The highest BCUT2D eigenvalue weighted by atomic mass is 16.2. The zero-order chi connectivity index (χ0) is 9.68. The van der Waals surface area contributed by atoms with Crippen LogP contribution in [0.5, 0.6) is 0 Å². The van der Waals surface area contributed by atoms with Crippen molar-refractivity contribution in [1.29, 1.82) is 0 Å². The molecule has 0 bridgehead atoms. The number of hydrogen-bond donors (Lipinski definition) is 2. The second-order valence-electron chi connectivity index (χ2n) is 2.92. The molecule has 0 saturated carbocycles. The first kappa shape index (κ1) is 9.57. The molecule has 3 N–H and O–H groups in total. The number of rotatable bonds is 4. The van der Waals surface area contributed by atoms with Crippen LogP contribution in [0.15, 0.2) is 12.4 Å². The van der Waals surface area contributed by atoms with Gasteiger partial charge in [-0.15, -0.1) is 0 Å². The Kier molecular flexibility index (Phi) is 3.31. The summed E-state index contributed by atoms with van der Waals surface area (Å²) in [5.41, 5.74) is 6.08. The van der Waals surface area contributed by atoms with Crippen LogP contribution in [0.4, 0.5) is 4.79 Å². The average Bonchev–Trinajstić information content (AvgIpc) is 2.45. The van der Waals surface area contributed by atoms with E-state index in [9.17, 15) is 4.79 Å². The summed E-state index contributed by atoms with van der Waals surface area (Å²) in [4.78, 5) is 10.3. The predicted molar refractivity (Wildman–Crippen MR) is 49.1 cm³/mol. The van der Waals surface area contributed by atoms with Gasteiger partial charge in [0.1, 0.15) is 0 Å². The first-order valence-corrected chi connectivity index (χ1v) is 4.19. The molecule has 1 aromatic rings. The Morgan fingerprint density at radius 2 is 2.54 bits per heavy atom. The fourth-order valence-electron chi connectivity index (χ4n) is 1.11. The minimum Gasteiger partial charge on any atom is -0.352 e. The van der Waals surface area contributed by atoms with E-state index < -0.39 is 6.03 Å². The van der Waals surface area contributed by atoms with Gasteiger partial charge in [-0.25, -0.2) is 4.79 Å². The average molecular weight is 182 g/mol. The molecule has 0 atom stereocenters. The fourth-order valence-corrected chi connectivity index (χ4v) is 1.11. The molecule has 72 valence electrons. The number of carbonyl (C=O) groups excluding carboxylic acids is 1. The lowest BCUT2D eigenvalue weighted by atomic mass is 10.2. The third kappa shape index (κ3) is 3.59. The zero-order valence-electron chi connectivity index (χ0n) is 7.66. The van der Waals surface area contributed by atoms with Crippen LogP contribution >= 0.6 is 0 Å². The molecule has 13 heavy (non-hydrogen) atoms. The number of nitrogens with one attached hydrogen (secondary N) is 1. The van der Waals surface area contributed by atoms with Crippen molar-refractivity contribution in [1.82, 2.24) is 15.1 Å². The molecule has 0 spiro atoms. The molecule has 0 fully saturated rings. The molecule has 5 heteroatoms. The van der Waals surface area contributed by atoms with Gasteiger partial charge in [0, 0.05) is 19.8 Å². The Labute approximate surface area is 76.9 Å². The lowest BCUT2D eigenvalue weighted by molar-refractivity contribution is 0.249. The minimum absolute atomic E-state index is 0.466. The number of urea groups is 1. The quantitative estimate of drug-likeness (QED) is 0.644. The van der Waals surface area contributed by atoms with E-state index in [1.807, 2.05) is 19.4 Å². The first-order chi connectivity index (χ1) is 6.18. The third-order valence-electron chi connectivity index (χ3n) is 1.70. The highest BCUT2D eigenvalue weighted by molar-refractivity contribution is 5.71. The standard InChI is InChI=1S/C8H14N4O/c1-12-6-7(5-11-12)3-2-4-10-8(9)13/h5-6H,2-4H2,1H3,(H3,9,10,13). The number of primary amides is 1. The van der Waals surface area contributed by atoms with E-state index in [-0.39, 0.29) is 0 Å². The number of amides is 2. The molecule has 0 aliphatic rings. The van der Waals surface area contributed by atoms with E-state index in [0.717, 1.165) is 12.8 Å². The lowest BCUT2D eigenvalue weighted by Crippen LogP contribution is -2.30. The fraction of sp³-hybridized carbons (Fsp3) is 0.500. The molecule has 0 aromatic carbocycles. The van der Waals surface area contributed by atoms with Gasteiger partial charge in [-0.2, -0.15) is 5.10 Å². The molecule has 0 saturated heterocycles. The number of nitrogens with two attached hydrogens (primary N) is 1. The molecule has 0 unspecified atom stereocenters. The van der Waals surface area contributed by atoms with E-state index in [2.05, 4.69) is 10.4 Å². The minimum atomic E-state index is -0.466. The van der Waals surface area contributed by atoms with E-state index in [1.54, 1.807) is 4.68 Å². The summed E-state index contributed by atoms with van der Waals surface area (Å²) >= 11 is 0. The summed E-state index contributed by atoms with van der Waals surface area (Å²) in [6, 6.07) is -0.466. The second kappa shape index (κ2) is 4.49. The Balaban J connectivity index is 2.16. The van der Waals surface area contributed by atoms with Gasteiger partial charge in [0.05, 0.1) is 6.20 Å². The van der Waals surface area contributed by atoms with Crippen molar-refractivity contribution >= 4 is 6.03 Å². The monoisotopic (exact) mass is 182 g/mol. The number of carbonyl (C=O) groups is 1. The number of aromatic nitrogens is 2. The van der Waals surface area contributed by atoms with Gasteiger partial charge in [0.15, 0.2) is 0 Å². The molecule has 0 aliphatic carbocycles. The lowest BCUT2D eigenvalue weighted by Gasteiger charge is -1.99. The highest BCUT2D eigenvalue weighted by Crippen LogP contribution is 1.99. The Morgan fingerprint density at radius 3 is 3.08 bits per heavy atom. The molecule has 0 aliphatic heterocycles. The summed E-state index contributed by atoms with van der Waals surface area (Å²) in [5.74, 6) is 0. The maximum absolute atomic E-state index is 10.3. The summed E-state index contributed by atoms with van der Waals surface area (Å²) in [6.45, 7) is 0.615. The van der Waals surface area contributed by atoms with Crippen molar-refractivity contribution < 1.29 is 4.79 Å². The van der Waals surface area contributed by atoms with Crippen LogP contribution in [0, 0.1) is 0 Å². The van der Waals surface area contributed by atoms with Crippen molar-refractivity contribution in [3.05, 3.63) is 18.0 Å². The van der Waals surface area contributed by atoms with E-state index in [0.29, 0.717) is 6.54 Å². The van der Waals surface area contributed by atoms with E-state index >= 15 is 0 Å². The molecular formula is C8H14N4O. The topological polar surface area (TPSA) is 72.9 Å². The van der Waals surface area contributed by atoms with Crippen molar-refractivity contribution in [3.63, 3.8) is 0 Å². The SMILES string of the molecule is Cn1cc(CCCNC(N)=O)cn1. The van der Waals surface area contributed by atoms with Gasteiger partial charge < -0.3 is 11.1 Å². The molecule has 1 rings (SSSR count). The predicted octanol–water partition coefficient (Wildman–Crippen LogP) is 0.0210. The summed E-state index contributed by atoms with van der Waals surface area (Å²) < 4.78 is 1.76. The molecule has 2 amide bonds. The van der Waals surface area contributed by atoms with Gasteiger partial charge in [-0.3, -0.25) is 4.68 Å².